The molecule has 2 unspecified atom stereocenters. The van der Waals surface area contributed by atoms with Gasteiger partial charge in [-0.3, -0.25) is 0 Å². The Morgan fingerprint density at radius 2 is 2.22 bits per heavy atom. The lowest BCUT2D eigenvalue weighted by Crippen LogP contribution is -2.32. The molecule has 1 aliphatic rings. The zero-order chi connectivity index (χ0) is 13.0. The largest absolute Gasteiger partial charge is 0.389 e. The van der Waals surface area contributed by atoms with Crippen molar-refractivity contribution < 1.29 is 5.11 Å². The van der Waals surface area contributed by atoms with Crippen LogP contribution in [0, 0.1) is 5.92 Å². The first kappa shape index (κ1) is 13.6. The lowest BCUT2D eigenvalue weighted by molar-refractivity contribution is 0.0216. The summed E-state index contributed by atoms with van der Waals surface area (Å²) < 4.78 is 2.14. The van der Waals surface area contributed by atoms with Crippen molar-refractivity contribution in [2.24, 2.45) is 5.92 Å². The minimum Gasteiger partial charge on any atom is -0.389 e. The molecule has 1 aliphatic carbocycles. The van der Waals surface area contributed by atoms with Gasteiger partial charge < -0.3 is 9.67 Å². The standard InChI is InChI=1S/C15H26N2O/c1-3-13-6-5-8-15(18,9-7-13)12-14-16-10-11-17(14)4-2/h10-11,13,18H,3-9,12H2,1-2H3. The predicted molar refractivity (Wildman–Crippen MR) is 73.4 cm³/mol. The highest BCUT2D eigenvalue weighted by molar-refractivity contribution is 4.99. The van der Waals surface area contributed by atoms with Gasteiger partial charge in [-0.05, 0) is 32.1 Å². The van der Waals surface area contributed by atoms with Crippen LogP contribution in [0.25, 0.3) is 0 Å². The van der Waals surface area contributed by atoms with E-state index in [1.54, 1.807) is 0 Å². The highest BCUT2D eigenvalue weighted by Crippen LogP contribution is 2.33. The van der Waals surface area contributed by atoms with E-state index in [1.165, 1.54) is 19.3 Å². The highest BCUT2D eigenvalue weighted by Gasteiger charge is 2.31. The summed E-state index contributed by atoms with van der Waals surface area (Å²) in [6.07, 6.45) is 11.3. The zero-order valence-corrected chi connectivity index (χ0v) is 11.7. The molecule has 1 aromatic heterocycles. The van der Waals surface area contributed by atoms with Crippen molar-refractivity contribution in [2.75, 3.05) is 0 Å². The van der Waals surface area contributed by atoms with E-state index in [0.717, 1.165) is 37.5 Å². The maximum Gasteiger partial charge on any atom is 0.111 e. The third-order valence-corrected chi connectivity index (χ3v) is 4.48. The molecule has 1 heterocycles. The fraction of sp³-hybridized carbons (Fsp3) is 0.800. The normalized spacial score (nSPS) is 29.2. The molecule has 0 aromatic carbocycles. The molecule has 0 saturated heterocycles. The topological polar surface area (TPSA) is 38.1 Å². The van der Waals surface area contributed by atoms with Gasteiger partial charge in [0.2, 0.25) is 0 Å². The Balaban J connectivity index is 2.03. The van der Waals surface area contributed by atoms with Gasteiger partial charge in [0.1, 0.15) is 5.82 Å². The fourth-order valence-corrected chi connectivity index (χ4v) is 3.14. The van der Waals surface area contributed by atoms with Crippen molar-refractivity contribution in [3.63, 3.8) is 0 Å². The molecule has 0 spiro atoms. The van der Waals surface area contributed by atoms with Gasteiger partial charge in [0.05, 0.1) is 5.60 Å². The third kappa shape index (κ3) is 3.14. The van der Waals surface area contributed by atoms with E-state index in [4.69, 9.17) is 0 Å². The summed E-state index contributed by atoms with van der Waals surface area (Å²) >= 11 is 0. The lowest BCUT2D eigenvalue weighted by atomic mass is 9.89. The van der Waals surface area contributed by atoms with Crippen molar-refractivity contribution in [3.8, 4) is 0 Å². The van der Waals surface area contributed by atoms with Gasteiger partial charge in [-0.1, -0.05) is 26.2 Å². The molecule has 3 nitrogen and oxygen atoms in total. The number of aromatic nitrogens is 2. The SMILES string of the molecule is CCC1CCCC(O)(Cc2nccn2CC)CC1. The number of rotatable bonds is 4. The Kier molecular flexibility index (Phi) is 4.44. The van der Waals surface area contributed by atoms with Crippen molar-refractivity contribution in [1.29, 1.82) is 0 Å². The molecule has 2 atom stereocenters. The first-order valence-corrected chi connectivity index (χ1v) is 7.39. The lowest BCUT2D eigenvalue weighted by Gasteiger charge is -2.26. The monoisotopic (exact) mass is 250 g/mol. The molecule has 2 rings (SSSR count). The smallest absolute Gasteiger partial charge is 0.111 e. The molecular formula is C15H26N2O. The zero-order valence-electron chi connectivity index (χ0n) is 11.7. The van der Waals surface area contributed by atoms with Gasteiger partial charge >= 0.3 is 0 Å². The predicted octanol–water partition coefficient (Wildman–Crippen LogP) is 3.17. The van der Waals surface area contributed by atoms with Gasteiger partial charge in [0, 0.05) is 25.4 Å². The van der Waals surface area contributed by atoms with E-state index >= 15 is 0 Å². The van der Waals surface area contributed by atoms with Gasteiger partial charge in [0.25, 0.3) is 0 Å². The molecule has 1 aromatic rings. The molecule has 3 heteroatoms. The summed E-state index contributed by atoms with van der Waals surface area (Å²) in [5.74, 6) is 1.85. The van der Waals surface area contributed by atoms with E-state index in [0.29, 0.717) is 6.42 Å². The van der Waals surface area contributed by atoms with Crippen LogP contribution in [0.5, 0.6) is 0 Å². The first-order valence-electron chi connectivity index (χ1n) is 7.39. The quantitative estimate of drug-likeness (QED) is 0.834. The van der Waals surface area contributed by atoms with E-state index in [2.05, 4.69) is 23.4 Å². The van der Waals surface area contributed by atoms with Gasteiger partial charge in [0.15, 0.2) is 0 Å². The Morgan fingerprint density at radius 1 is 1.39 bits per heavy atom. The third-order valence-electron chi connectivity index (χ3n) is 4.48. The summed E-state index contributed by atoms with van der Waals surface area (Å²) in [6, 6.07) is 0. The van der Waals surface area contributed by atoms with Crippen LogP contribution < -0.4 is 0 Å². The van der Waals surface area contributed by atoms with Crippen molar-refractivity contribution >= 4 is 0 Å². The number of aryl methyl sites for hydroxylation is 1. The van der Waals surface area contributed by atoms with E-state index in [-0.39, 0.29) is 0 Å². The Morgan fingerprint density at radius 3 is 2.94 bits per heavy atom. The minimum atomic E-state index is -0.526. The average Bonchev–Trinajstić information content (AvgIpc) is 2.71. The maximum absolute atomic E-state index is 10.8. The molecule has 0 amide bonds. The number of imidazole rings is 1. The average molecular weight is 250 g/mol. The Bertz CT molecular complexity index is 374. The minimum absolute atomic E-state index is 0.526. The van der Waals surface area contributed by atoms with Crippen LogP contribution in [0.15, 0.2) is 12.4 Å². The molecule has 0 radical (unpaired) electrons. The van der Waals surface area contributed by atoms with Crippen molar-refractivity contribution in [3.05, 3.63) is 18.2 Å². The second-order valence-electron chi connectivity index (χ2n) is 5.74. The van der Waals surface area contributed by atoms with Crippen LogP contribution in [0.2, 0.25) is 0 Å². The number of hydrogen-bond acceptors (Lipinski definition) is 2. The molecular weight excluding hydrogens is 224 g/mol. The van der Waals surface area contributed by atoms with Gasteiger partial charge in [-0.15, -0.1) is 0 Å². The van der Waals surface area contributed by atoms with Gasteiger partial charge in [-0.25, -0.2) is 4.98 Å². The second kappa shape index (κ2) is 5.87. The molecule has 0 bridgehead atoms. The molecule has 1 N–H and O–H groups in total. The summed E-state index contributed by atoms with van der Waals surface area (Å²) in [5, 5.41) is 10.8. The van der Waals surface area contributed by atoms with Crippen molar-refractivity contribution in [2.45, 2.75) is 70.9 Å². The van der Waals surface area contributed by atoms with Crippen LogP contribution in [-0.4, -0.2) is 20.3 Å². The van der Waals surface area contributed by atoms with Crippen LogP contribution in [0.1, 0.15) is 58.2 Å². The summed E-state index contributed by atoms with van der Waals surface area (Å²) in [5.41, 5.74) is -0.526. The van der Waals surface area contributed by atoms with Crippen LogP contribution in [-0.2, 0) is 13.0 Å². The van der Waals surface area contributed by atoms with Crippen LogP contribution >= 0.6 is 0 Å². The summed E-state index contributed by atoms with van der Waals surface area (Å²) in [4.78, 5) is 4.40. The maximum atomic E-state index is 10.8. The molecule has 0 aliphatic heterocycles. The number of hydrogen-bond donors (Lipinski definition) is 1. The van der Waals surface area contributed by atoms with Crippen LogP contribution in [0.4, 0.5) is 0 Å². The van der Waals surface area contributed by atoms with Gasteiger partial charge in [-0.2, -0.15) is 0 Å². The van der Waals surface area contributed by atoms with Crippen molar-refractivity contribution in [1.82, 2.24) is 9.55 Å². The highest BCUT2D eigenvalue weighted by atomic mass is 16.3. The fourth-order valence-electron chi connectivity index (χ4n) is 3.14. The number of nitrogens with zero attached hydrogens (tertiary/aromatic N) is 2. The molecule has 18 heavy (non-hydrogen) atoms. The summed E-state index contributed by atoms with van der Waals surface area (Å²) in [6.45, 7) is 5.32. The number of aliphatic hydroxyl groups is 1. The first-order chi connectivity index (χ1) is 8.67. The van der Waals surface area contributed by atoms with E-state index in [9.17, 15) is 5.11 Å². The van der Waals surface area contributed by atoms with E-state index < -0.39 is 5.60 Å². The van der Waals surface area contributed by atoms with E-state index in [1.807, 2.05) is 12.4 Å². The van der Waals surface area contributed by atoms with Crippen LogP contribution in [0.3, 0.4) is 0 Å². The molecule has 1 saturated carbocycles. The Hall–Kier alpha value is -0.830. The molecule has 102 valence electrons. The summed E-state index contributed by atoms with van der Waals surface area (Å²) in [7, 11) is 0. The molecule has 1 fully saturated rings. The Labute approximate surface area is 110 Å². The second-order valence-corrected chi connectivity index (χ2v) is 5.74.